The summed E-state index contributed by atoms with van der Waals surface area (Å²) in [7, 11) is 0. The fourth-order valence-corrected chi connectivity index (χ4v) is 5.75. The molecule has 8 nitrogen and oxygen atoms in total. The normalized spacial score (nSPS) is 21.9. The van der Waals surface area contributed by atoms with E-state index in [9.17, 15) is 19.8 Å². The number of carbonyl (C=O) groups excluding carboxylic acids is 2. The molecule has 3 aromatic rings. The maximum Gasteiger partial charge on any atom is 0.407 e. The van der Waals surface area contributed by atoms with Crippen molar-refractivity contribution in [1.29, 1.82) is 0 Å². The molecular formula is C33H38N2O6. The first-order chi connectivity index (χ1) is 20.0. The van der Waals surface area contributed by atoms with Gasteiger partial charge in [0, 0.05) is 18.8 Å². The Morgan fingerprint density at radius 1 is 0.927 bits per heavy atom. The molecular weight excluding hydrogens is 520 g/mol. The van der Waals surface area contributed by atoms with E-state index in [0.29, 0.717) is 38.9 Å². The van der Waals surface area contributed by atoms with Crippen molar-refractivity contribution in [3.63, 3.8) is 0 Å². The first-order valence-electron chi connectivity index (χ1n) is 14.3. The lowest BCUT2D eigenvalue weighted by molar-refractivity contribution is -0.127. The molecule has 1 aliphatic carbocycles. The third-order valence-corrected chi connectivity index (χ3v) is 7.95. The molecule has 41 heavy (non-hydrogen) atoms. The predicted molar refractivity (Wildman–Crippen MR) is 154 cm³/mol. The molecule has 0 unspecified atom stereocenters. The van der Waals surface area contributed by atoms with Crippen LogP contribution in [0.5, 0.6) is 0 Å². The van der Waals surface area contributed by atoms with E-state index in [4.69, 9.17) is 9.47 Å². The second kappa shape index (κ2) is 13.8. The van der Waals surface area contributed by atoms with Gasteiger partial charge >= 0.3 is 6.09 Å². The summed E-state index contributed by atoms with van der Waals surface area (Å²) in [6.45, 7) is 0.902. The number of aliphatic hydroxyl groups excluding tert-OH is 2. The van der Waals surface area contributed by atoms with Crippen molar-refractivity contribution in [2.24, 2.45) is 5.92 Å². The molecule has 3 aromatic carbocycles. The summed E-state index contributed by atoms with van der Waals surface area (Å²) in [5.41, 5.74) is 3.83. The fourth-order valence-electron chi connectivity index (χ4n) is 5.75. The number of benzene rings is 3. The highest BCUT2D eigenvalue weighted by atomic mass is 16.6. The second-order valence-electron chi connectivity index (χ2n) is 11.0. The molecule has 1 aliphatic heterocycles. The van der Waals surface area contributed by atoms with Crippen LogP contribution in [0.15, 0.2) is 84.9 Å². The fraction of sp³-hybridized carbons (Fsp3) is 0.394. The van der Waals surface area contributed by atoms with Crippen LogP contribution in [0.25, 0.3) is 0 Å². The van der Waals surface area contributed by atoms with Gasteiger partial charge in [-0.15, -0.1) is 0 Å². The molecule has 4 N–H and O–H groups in total. The second-order valence-corrected chi connectivity index (χ2v) is 11.0. The summed E-state index contributed by atoms with van der Waals surface area (Å²) in [6.07, 6.45) is -0.711. The number of hydrogen-bond donors (Lipinski definition) is 4. The minimum Gasteiger partial charge on any atom is -0.444 e. The monoisotopic (exact) mass is 558 g/mol. The van der Waals surface area contributed by atoms with E-state index in [1.54, 1.807) is 0 Å². The van der Waals surface area contributed by atoms with Gasteiger partial charge in [0.25, 0.3) is 0 Å². The van der Waals surface area contributed by atoms with Crippen LogP contribution >= 0.6 is 0 Å². The van der Waals surface area contributed by atoms with Crippen LogP contribution in [0.2, 0.25) is 0 Å². The Kier molecular flexibility index (Phi) is 9.67. The Bertz CT molecular complexity index is 1280. The van der Waals surface area contributed by atoms with Crippen LogP contribution in [0, 0.1) is 5.92 Å². The van der Waals surface area contributed by atoms with Crippen LogP contribution in [0.1, 0.15) is 41.1 Å². The van der Waals surface area contributed by atoms with Gasteiger partial charge in [-0.1, -0.05) is 84.9 Å². The summed E-state index contributed by atoms with van der Waals surface area (Å²) in [5.74, 6) is -0.857. The van der Waals surface area contributed by atoms with Crippen molar-refractivity contribution >= 4 is 12.0 Å². The lowest BCUT2D eigenvalue weighted by Gasteiger charge is -2.29. The molecule has 0 aromatic heterocycles. The van der Waals surface area contributed by atoms with E-state index >= 15 is 0 Å². The molecule has 1 heterocycles. The maximum atomic E-state index is 13.8. The highest BCUT2D eigenvalue weighted by Crippen LogP contribution is 2.32. The Balaban J connectivity index is 1.33. The van der Waals surface area contributed by atoms with E-state index in [2.05, 4.69) is 10.6 Å². The molecule has 1 saturated heterocycles. The van der Waals surface area contributed by atoms with Crippen molar-refractivity contribution in [1.82, 2.24) is 10.6 Å². The van der Waals surface area contributed by atoms with E-state index in [0.717, 1.165) is 22.3 Å². The summed E-state index contributed by atoms with van der Waals surface area (Å²) in [6, 6.07) is 25.8. The van der Waals surface area contributed by atoms with E-state index in [1.807, 2.05) is 84.9 Å². The highest BCUT2D eigenvalue weighted by Gasteiger charge is 2.35. The number of hydrogen-bond acceptors (Lipinski definition) is 6. The molecule has 0 radical (unpaired) electrons. The highest BCUT2D eigenvalue weighted by molar-refractivity contribution is 5.80. The third-order valence-electron chi connectivity index (χ3n) is 7.95. The van der Waals surface area contributed by atoms with Gasteiger partial charge in [-0.2, -0.15) is 0 Å². The van der Waals surface area contributed by atoms with Crippen LogP contribution < -0.4 is 10.6 Å². The average molecular weight is 559 g/mol. The van der Waals surface area contributed by atoms with Crippen molar-refractivity contribution in [3.8, 4) is 0 Å². The molecule has 2 aliphatic rings. The zero-order valence-electron chi connectivity index (χ0n) is 23.0. The molecule has 2 amide bonds. The van der Waals surface area contributed by atoms with Gasteiger partial charge in [-0.25, -0.2) is 4.79 Å². The number of amides is 2. The lowest BCUT2D eigenvalue weighted by Crippen LogP contribution is -2.48. The molecule has 8 heteroatoms. The van der Waals surface area contributed by atoms with Crippen molar-refractivity contribution in [2.75, 3.05) is 13.2 Å². The molecule has 5 rings (SSSR count). The topological polar surface area (TPSA) is 117 Å². The van der Waals surface area contributed by atoms with Gasteiger partial charge in [0.1, 0.15) is 6.10 Å². The molecule has 1 fully saturated rings. The standard InChI is InChI=1S/C33H38N2O6/c36-29(28(18-23-11-5-2-6-12-23)34-33(39)41-26-15-16-40-21-26)20-25(17-22-9-3-1-4-10-22)32(38)35-31-27-14-8-7-13-24(27)19-30(31)37/h1-14,25-26,28-31,36-37H,15-21H2,(H,34,39)(H,35,38)/t25-,26+,28+,29+,30-,31+/m1/s1. The van der Waals surface area contributed by atoms with Gasteiger partial charge in [-0.05, 0) is 41.5 Å². The third kappa shape index (κ3) is 7.73. The number of fused-ring (bicyclic) bond motifs is 1. The summed E-state index contributed by atoms with van der Waals surface area (Å²) in [5, 5.41) is 28.2. The molecule has 216 valence electrons. The van der Waals surface area contributed by atoms with Crippen LogP contribution in [-0.4, -0.2) is 59.8 Å². The summed E-state index contributed by atoms with van der Waals surface area (Å²) >= 11 is 0. The number of rotatable bonds is 11. The van der Waals surface area contributed by atoms with Crippen molar-refractivity contribution in [2.45, 2.75) is 62.5 Å². The zero-order chi connectivity index (χ0) is 28.6. The number of carbonyl (C=O) groups is 2. The average Bonchev–Trinajstić information content (AvgIpc) is 3.60. The quantitative estimate of drug-likeness (QED) is 0.286. The smallest absolute Gasteiger partial charge is 0.407 e. The molecule has 0 saturated carbocycles. The van der Waals surface area contributed by atoms with Crippen LogP contribution in [-0.2, 0) is 33.5 Å². The molecule has 0 bridgehead atoms. The van der Waals surface area contributed by atoms with E-state index in [-0.39, 0.29) is 18.4 Å². The first kappa shape index (κ1) is 28.8. The number of alkyl carbamates (subject to hydrolysis) is 1. The summed E-state index contributed by atoms with van der Waals surface area (Å²) in [4.78, 5) is 26.6. The van der Waals surface area contributed by atoms with E-state index in [1.165, 1.54) is 0 Å². The largest absolute Gasteiger partial charge is 0.444 e. The maximum absolute atomic E-state index is 13.8. The Morgan fingerprint density at radius 2 is 1.59 bits per heavy atom. The predicted octanol–water partition coefficient (Wildman–Crippen LogP) is 3.50. The van der Waals surface area contributed by atoms with Gasteiger partial charge in [-0.3, -0.25) is 4.79 Å². The van der Waals surface area contributed by atoms with Gasteiger partial charge in [0.05, 0.1) is 37.5 Å². The Labute approximate surface area is 240 Å². The number of aliphatic hydroxyl groups is 2. The van der Waals surface area contributed by atoms with Crippen molar-refractivity contribution in [3.05, 3.63) is 107 Å². The Hall–Kier alpha value is -3.72. The minimum absolute atomic E-state index is 0.107. The number of ether oxygens (including phenoxy) is 2. The Morgan fingerprint density at radius 3 is 2.27 bits per heavy atom. The van der Waals surface area contributed by atoms with Gasteiger partial charge in [0.2, 0.25) is 5.91 Å². The van der Waals surface area contributed by atoms with Crippen LogP contribution in [0.4, 0.5) is 4.79 Å². The van der Waals surface area contributed by atoms with Gasteiger partial charge < -0.3 is 30.3 Å². The minimum atomic E-state index is -1.04. The first-order valence-corrected chi connectivity index (χ1v) is 14.3. The van der Waals surface area contributed by atoms with Crippen molar-refractivity contribution < 1.29 is 29.3 Å². The van der Waals surface area contributed by atoms with Crippen LogP contribution in [0.3, 0.4) is 0 Å². The molecule has 6 atom stereocenters. The SMILES string of the molecule is O=C(N[C@@H](Cc1ccccc1)[C@@H](O)C[C@@H](Cc1ccccc1)C(=O)N[C@H]1c2ccccc2C[C@H]1O)O[C@H]1CCOC1. The van der Waals surface area contributed by atoms with Gasteiger partial charge in [0.15, 0.2) is 0 Å². The summed E-state index contributed by atoms with van der Waals surface area (Å²) < 4.78 is 10.8. The zero-order valence-corrected chi connectivity index (χ0v) is 23.0. The lowest BCUT2D eigenvalue weighted by atomic mass is 9.88. The molecule has 0 spiro atoms. The van der Waals surface area contributed by atoms with E-state index < -0.39 is 36.3 Å². The number of nitrogens with one attached hydrogen (secondary N) is 2.